The molecule has 4 atom stereocenters. The zero-order valence-corrected chi connectivity index (χ0v) is 22.4. The molecule has 8 nitrogen and oxygen atoms in total. The molecule has 1 saturated heterocycles. The molecule has 0 spiro atoms. The number of nitrogens with zero attached hydrogens (tertiary/aromatic N) is 1. The minimum Gasteiger partial charge on any atom is -0.495 e. The van der Waals surface area contributed by atoms with Crippen LogP contribution in [0.25, 0.3) is 11.1 Å². The summed E-state index contributed by atoms with van der Waals surface area (Å²) >= 11 is 0. The van der Waals surface area contributed by atoms with Crippen molar-refractivity contribution in [2.75, 3.05) is 27.9 Å². The SMILES string of the molecule is COc1c(-c2ccccc2)cn(OC)c(=O)c1[C@@H]1OC[C@@H](OC(=O)[C@@](OC)(c2ccccc2)C(F)(F)F)C[C@H]1C. The molecule has 214 valence electrons. The summed E-state index contributed by atoms with van der Waals surface area (Å²) in [4.78, 5) is 31.7. The Kier molecular flexibility index (Phi) is 8.55. The van der Waals surface area contributed by atoms with E-state index in [1.165, 1.54) is 38.6 Å². The fraction of sp³-hybridized carbons (Fsp3) is 0.379. The van der Waals surface area contributed by atoms with E-state index >= 15 is 0 Å². The highest BCUT2D eigenvalue weighted by atomic mass is 19.4. The van der Waals surface area contributed by atoms with Crippen molar-refractivity contribution in [3.8, 4) is 16.9 Å². The first-order valence-electron chi connectivity index (χ1n) is 12.5. The number of aromatic nitrogens is 1. The molecule has 1 aliphatic heterocycles. The smallest absolute Gasteiger partial charge is 0.432 e. The number of ether oxygens (including phenoxy) is 4. The molecule has 0 amide bonds. The molecule has 1 fully saturated rings. The number of rotatable bonds is 8. The molecule has 11 heteroatoms. The summed E-state index contributed by atoms with van der Waals surface area (Å²) in [6, 6.07) is 15.8. The number of halogens is 3. The molecule has 0 bridgehead atoms. The maximum atomic E-state index is 14.3. The third-order valence-corrected chi connectivity index (χ3v) is 7.00. The van der Waals surface area contributed by atoms with E-state index in [1.54, 1.807) is 6.92 Å². The van der Waals surface area contributed by atoms with Crippen molar-refractivity contribution in [1.29, 1.82) is 0 Å². The Hall–Kier alpha value is -3.83. The van der Waals surface area contributed by atoms with Gasteiger partial charge in [-0.15, -0.1) is 0 Å². The molecule has 1 aliphatic rings. The van der Waals surface area contributed by atoms with Gasteiger partial charge in [0.2, 0.25) is 0 Å². The molecule has 0 unspecified atom stereocenters. The van der Waals surface area contributed by atoms with Crippen LogP contribution in [0.15, 0.2) is 71.7 Å². The van der Waals surface area contributed by atoms with E-state index in [0.29, 0.717) is 5.56 Å². The van der Waals surface area contributed by atoms with Crippen molar-refractivity contribution < 1.29 is 41.8 Å². The van der Waals surface area contributed by atoms with Crippen LogP contribution in [0.1, 0.15) is 30.6 Å². The number of alkyl halides is 3. The van der Waals surface area contributed by atoms with Crippen molar-refractivity contribution in [1.82, 2.24) is 4.73 Å². The van der Waals surface area contributed by atoms with Crippen LogP contribution < -0.4 is 15.1 Å². The topological polar surface area (TPSA) is 85.2 Å². The lowest BCUT2D eigenvalue weighted by atomic mass is 9.88. The van der Waals surface area contributed by atoms with Gasteiger partial charge in [0.15, 0.2) is 0 Å². The lowest BCUT2D eigenvalue weighted by molar-refractivity contribution is -0.280. The largest absolute Gasteiger partial charge is 0.495 e. The number of benzene rings is 2. The minimum atomic E-state index is -5.10. The summed E-state index contributed by atoms with van der Waals surface area (Å²) in [7, 11) is 3.60. The molecule has 40 heavy (non-hydrogen) atoms. The van der Waals surface area contributed by atoms with Crippen LogP contribution >= 0.6 is 0 Å². The molecule has 3 aromatic rings. The van der Waals surface area contributed by atoms with E-state index in [2.05, 4.69) is 0 Å². The highest BCUT2D eigenvalue weighted by Crippen LogP contribution is 2.45. The first-order valence-corrected chi connectivity index (χ1v) is 12.5. The Bertz CT molecular complexity index is 1380. The van der Waals surface area contributed by atoms with Crippen molar-refractivity contribution >= 4 is 5.97 Å². The maximum absolute atomic E-state index is 14.3. The van der Waals surface area contributed by atoms with Crippen LogP contribution in [0.4, 0.5) is 13.2 Å². The first-order chi connectivity index (χ1) is 19.1. The van der Waals surface area contributed by atoms with E-state index < -0.39 is 47.0 Å². The van der Waals surface area contributed by atoms with Gasteiger partial charge in [0, 0.05) is 18.2 Å². The van der Waals surface area contributed by atoms with Gasteiger partial charge in [-0.2, -0.15) is 17.9 Å². The molecule has 0 aliphatic carbocycles. The maximum Gasteiger partial charge on any atom is 0.432 e. The molecule has 2 heterocycles. The van der Waals surface area contributed by atoms with Crippen molar-refractivity contribution in [2.24, 2.45) is 5.92 Å². The zero-order valence-electron chi connectivity index (χ0n) is 22.4. The third kappa shape index (κ3) is 5.18. The zero-order chi connectivity index (χ0) is 29.1. The minimum absolute atomic E-state index is 0.119. The quantitative estimate of drug-likeness (QED) is 0.369. The van der Waals surface area contributed by atoms with Crippen molar-refractivity contribution in [2.45, 2.75) is 37.3 Å². The second kappa shape index (κ2) is 11.7. The number of methoxy groups -OCH3 is 2. The van der Waals surface area contributed by atoms with Crippen molar-refractivity contribution in [3.63, 3.8) is 0 Å². The molecular formula is C29H30F3NO7. The number of pyridine rings is 1. The summed E-state index contributed by atoms with van der Waals surface area (Å²) in [6.07, 6.45) is -5.30. The van der Waals surface area contributed by atoms with Gasteiger partial charge in [-0.05, 0) is 17.9 Å². The number of carbonyl (C=O) groups is 1. The van der Waals surface area contributed by atoms with Crippen LogP contribution in [-0.4, -0.2) is 50.9 Å². The molecule has 0 saturated carbocycles. The van der Waals surface area contributed by atoms with Gasteiger partial charge in [0.1, 0.15) is 19.0 Å². The van der Waals surface area contributed by atoms with Gasteiger partial charge >= 0.3 is 12.1 Å². The van der Waals surface area contributed by atoms with Crippen molar-refractivity contribution in [3.05, 3.63) is 88.3 Å². The number of hydrogen-bond acceptors (Lipinski definition) is 7. The average Bonchev–Trinajstić information content (AvgIpc) is 2.94. The van der Waals surface area contributed by atoms with E-state index in [-0.39, 0.29) is 24.3 Å². The van der Waals surface area contributed by atoms with Gasteiger partial charge in [0.05, 0.1) is 31.6 Å². The van der Waals surface area contributed by atoms with Gasteiger partial charge in [-0.25, -0.2) is 4.79 Å². The predicted molar refractivity (Wildman–Crippen MR) is 139 cm³/mol. The fourth-order valence-corrected chi connectivity index (χ4v) is 5.08. The highest BCUT2D eigenvalue weighted by molar-refractivity contribution is 5.83. The van der Waals surface area contributed by atoms with E-state index in [0.717, 1.165) is 29.5 Å². The molecule has 4 rings (SSSR count). The second-order valence-electron chi connectivity index (χ2n) is 9.41. The first kappa shape index (κ1) is 29.2. The number of hydrogen-bond donors (Lipinski definition) is 0. The summed E-state index contributed by atoms with van der Waals surface area (Å²) in [6.45, 7) is 1.50. The Morgan fingerprint density at radius 2 is 1.62 bits per heavy atom. The highest BCUT2D eigenvalue weighted by Gasteiger charge is 2.64. The van der Waals surface area contributed by atoms with E-state index in [4.69, 9.17) is 23.8 Å². The van der Waals surface area contributed by atoms with Crippen LogP contribution in [0.5, 0.6) is 5.75 Å². The third-order valence-electron chi connectivity index (χ3n) is 7.00. The number of carbonyl (C=O) groups excluding carboxylic acids is 1. The lowest BCUT2D eigenvalue weighted by Crippen LogP contribution is -2.53. The molecule has 0 radical (unpaired) electrons. The molecule has 1 aromatic heterocycles. The average molecular weight is 562 g/mol. The number of esters is 1. The molecular weight excluding hydrogens is 531 g/mol. The van der Waals surface area contributed by atoms with E-state index in [1.807, 2.05) is 30.3 Å². The van der Waals surface area contributed by atoms with Gasteiger partial charge in [0.25, 0.3) is 11.2 Å². The van der Waals surface area contributed by atoms with Crippen LogP contribution in [-0.2, 0) is 24.6 Å². The Morgan fingerprint density at radius 3 is 2.15 bits per heavy atom. The summed E-state index contributed by atoms with van der Waals surface area (Å²) in [5.41, 5.74) is -2.68. The van der Waals surface area contributed by atoms with Gasteiger partial charge in [-0.1, -0.05) is 67.6 Å². The fourth-order valence-electron chi connectivity index (χ4n) is 5.08. The summed E-state index contributed by atoms with van der Waals surface area (Å²) in [5.74, 6) is -1.77. The summed E-state index contributed by atoms with van der Waals surface area (Å²) in [5, 5.41) is 0. The Balaban J connectivity index is 1.64. The predicted octanol–water partition coefficient (Wildman–Crippen LogP) is 4.70. The lowest BCUT2D eigenvalue weighted by Gasteiger charge is -2.37. The monoisotopic (exact) mass is 561 g/mol. The van der Waals surface area contributed by atoms with Gasteiger partial charge in [-0.3, -0.25) is 4.79 Å². The normalized spacial score (nSPS) is 20.8. The molecule has 0 N–H and O–H groups in total. The Morgan fingerprint density at radius 1 is 1.00 bits per heavy atom. The Labute approximate surface area is 229 Å². The second-order valence-corrected chi connectivity index (χ2v) is 9.41. The molecule has 2 aromatic carbocycles. The standard InChI is InChI=1S/C29H30F3NO7/c1-18-15-21(40-27(35)28(37-3,29(30,31)32)20-13-9-6-10-14-20)17-39-24(18)23-25(36-2)22(16-33(38-4)26(23)34)19-11-7-5-8-12-19/h5-14,16,18,21,24H,15,17H2,1-4H3/t18-,21+,24-,28+/m1/s1. The van der Waals surface area contributed by atoms with Crippen LogP contribution in [0.3, 0.4) is 0 Å². The van der Waals surface area contributed by atoms with Crippen LogP contribution in [0.2, 0.25) is 0 Å². The summed E-state index contributed by atoms with van der Waals surface area (Å²) < 4.78 is 65.8. The van der Waals surface area contributed by atoms with Crippen LogP contribution in [0, 0.1) is 5.92 Å². The van der Waals surface area contributed by atoms with E-state index in [9.17, 15) is 22.8 Å². The van der Waals surface area contributed by atoms with Gasteiger partial charge < -0.3 is 23.8 Å².